The van der Waals surface area contributed by atoms with Crippen molar-refractivity contribution in [1.82, 2.24) is 4.72 Å². The average molecular weight is 401 g/mol. The van der Waals surface area contributed by atoms with Crippen LogP contribution in [0.5, 0.6) is 17.2 Å². The molecule has 0 aliphatic carbocycles. The molecule has 0 amide bonds. The van der Waals surface area contributed by atoms with E-state index in [1.807, 2.05) is 12.1 Å². The summed E-state index contributed by atoms with van der Waals surface area (Å²) < 4.78 is 44.4. The van der Waals surface area contributed by atoms with Crippen LogP contribution >= 0.6 is 0 Å². The fourth-order valence-corrected chi connectivity index (χ4v) is 4.30. The van der Waals surface area contributed by atoms with Crippen molar-refractivity contribution in [2.75, 3.05) is 21.3 Å². The summed E-state index contributed by atoms with van der Waals surface area (Å²) in [5, 5.41) is 1.72. The summed E-state index contributed by atoms with van der Waals surface area (Å²) in [6, 6.07) is 15.3. The van der Waals surface area contributed by atoms with Gasteiger partial charge < -0.3 is 14.2 Å². The van der Waals surface area contributed by atoms with Gasteiger partial charge in [0.25, 0.3) is 0 Å². The second kappa shape index (κ2) is 8.08. The van der Waals surface area contributed by atoms with E-state index in [4.69, 9.17) is 14.2 Å². The highest BCUT2D eigenvalue weighted by Gasteiger charge is 2.21. The predicted octanol–water partition coefficient (Wildman–Crippen LogP) is 3.91. The normalized spacial score (nSPS) is 12.6. The summed E-state index contributed by atoms with van der Waals surface area (Å²) in [6.07, 6.45) is 0. The molecule has 0 aromatic heterocycles. The van der Waals surface area contributed by atoms with Gasteiger partial charge in [-0.15, -0.1) is 0 Å². The largest absolute Gasteiger partial charge is 0.497 e. The van der Waals surface area contributed by atoms with Crippen molar-refractivity contribution in [3.8, 4) is 17.2 Å². The Bertz CT molecular complexity index is 1100. The van der Waals surface area contributed by atoms with Crippen LogP contribution in [0.15, 0.2) is 59.5 Å². The SMILES string of the molecule is COc1ccc(OC)c([C@@H](C)NS(=O)(=O)c2ccc3cc(OC)ccc3c2)c1. The molecule has 3 aromatic carbocycles. The number of benzene rings is 3. The maximum Gasteiger partial charge on any atom is 0.241 e. The van der Waals surface area contributed by atoms with Crippen molar-refractivity contribution in [2.45, 2.75) is 17.9 Å². The summed E-state index contributed by atoms with van der Waals surface area (Å²) >= 11 is 0. The molecule has 148 valence electrons. The Kier molecular flexibility index (Phi) is 5.76. The Morgan fingerprint density at radius 3 is 2.07 bits per heavy atom. The van der Waals surface area contributed by atoms with Gasteiger partial charge in [-0.1, -0.05) is 12.1 Å². The third-order valence-corrected chi connectivity index (χ3v) is 6.10. The van der Waals surface area contributed by atoms with Crippen molar-refractivity contribution in [1.29, 1.82) is 0 Å². The zero-order valence-corrected chi connectivity index (χ0v) is 17.0. The molecule has 28 heavy (non-hydrogen) atoms. The molecule has 3 rings (SSSR count). The van der Waals surface area contributed by atoms with E-state index in [2.05, 4.69) is 4.72 Å². The summed E-state index contributed by atoms with van der Waals surface area (Å²) in [6.45, 7) is 1.76. The van der Waals surface area contributed by atoms with E-state index in [0.717, 1.165) is 16.5 Å². The second-order valence-electron chi connectivity index (χ2n) is 6.33. The quantitative estimate of drug-likeness (QED) is 0.650. The number of rotatable bonds is 7. The van der Waals surface area contributed by atoms with E-state index in [9.17, 15) is 8.42 Å². The molecule has 0 spiro atoms. The van der Waals surface area contributed by atoms with Gasteiger partial charge in [-0.3, -0.25) is 0 Å². The minimum Gasteiger partial charge on any atom is -0.497 e. The Labute approximate surface area is 165 Å². The van der Waals surface area contributed by atoms with Crippen molar-refractivity contribution < 1.29 is 22.6 Å². The van der Waals surface area contributed by atoms with E-state index in [0.29, 0.717) is 17.1 Å². The van der Waals surface area contributed by atoms with Gasteiger partial charge in [0, 0.05) is 11.6 Å². The molecule has 3 aromatic rings. The van der Waals surface area contributed by atoms with Crippen LogP contribution in [0.2, 0.25) is 0 Å². The fourth-order valence-electron chi connectivity index (χ4n) is 3.04. The molecule has 0 radical (unpaired) electrons. The zero-order chi connectivity index (χ0) is 20.3. The molecule has 0 unspecified atom stereocenters. The van der Waals surface area contributed by atoms with Crippen LogP contribution in [-0.2, 0) is 10.0 Å². The van der Waals surface area contributed by atoms with Crippen LogP contribution in [0, 0.1) is 0 Å². The lowest BCUT2D eigenvalue weighted by Gasteiger charge is -2.18. The number of nitrogens with one attached hydrogen (secondary N) is 1. The zero-order valence-electron chi connectivity index (χ0n) is 16.2. The smallest absolute Gasteiger partial charge is 0.241 e. The van der Waals surface area contributed by atoms with Crippen molar-refractivity contribution in [2.24, 2.45) is 0 Å². The molecule has 0 saturated heterocycles. The third-order valence-electron chi connectivity index (χ3n) is 4.56. The molecular weight excluding hydrogens is 378 g/mol. The van der Waals surface area contributed by atoms with Gasteiger partial charge >= 0.3 is 0 Å². The first-order valence-corrected chi connectivity index (χ1v) is 10.2. The molecule has 7 heteroatoms. The van der Waals surface area contributed by atoms with Crippen LogP contribution in [-0.4, -0.2) is 29.7 Å². The van der Waals surface area contributed by atoms with E-state index in [1.165, 1.54) is 0 Å². The summed E-state index contributed by atoms with van der Waals surface area (Å²) in [7, 11) is 0.964. The van der Waals surface area contributed by atoms with Crippen LogP contribution in [0.1, 0.15) is 18.5 Å². The molecule has 1 atom stereocenters. The first-order valence-electron chi connectivity index (χ1n) is 8.70. The van der Waals surface area contributed by atoms with E-state index < -0.39 is 16.1 Å². The summed E-state index contributed by atoms with van der Waals surface area (Å²) in [4.78, 5) is 0.193. The van der Waals surface area contributed by atoms with Gasteiger partial charge in [-0.25, -0.2) is 13.1 Å². The fraction of sp³-hybridized carbons (Fsp3) is 0.238. The minimum atomic E-state index is -3.74. The van der Waals surface area contributed by atoms with E-state index in [-0.39, 0.29) is 4.90 Å². The third kappa shape index (κ3) is 4.05. The van der Waals surface area contributed by atoms with Crippen LogP contribution in [0.25, 0.3) is 10.8 Å². The number of ether oxygens (including phenoxy) is 3. The molecule has 0 saturated carbocycles. The van der Waals surface area contributed by atoms with Gasteiger partial charge in [0.15, 0.2) is 0 Å². The standard InChI is InChI=1S/C21H23NO5S/c1-14(20-13-18(26-3)8-10-21(20)27-4)22-28(23,24)19-9-6-15-11-17(25-2)7-5-16(15)12-19/h5-14,22H,1-4H3/t14-/m1/s1. The highest BCUT2D eigenvalue weighted by Crippen LogP contribution is 2.31. The number of fused-ring (bicyclic) bond motifs is 1. The highest BCUT2D eigenvalue weighted by molar-refractivity contribution is 7.89. The Balaban J connectivity index is 1.92. The monoisotopic (exact) mass is 401 g/mol. The summed E-state index contributed by atoms with van der Waals surface area (Å²) in [5.41, 5.74) is 0.691. The second-order valence-corrected chi connectivity index (χ2v) is 8.04. The lowest BCUT2D eigenvalue weighted by atomic mass is 10.1. The Hall–Kier alpha value is -2.77. The van der Waals surface area contributed by atoms with Crippen molar-refractivity contribution in [3.05, 3.63) is 60.2 Å². The molecule has 0 fully saturated rings. The molecule has 0 aliphatic heterocycles. The average Bonchev–Trinajstić information content (AvgIpc) is 2.71. The number of sulfonamides is 1. The van der Waals surface area contributed by atoms with Gasteiger partial charge in [0.1, 0.15) is 17.2 Å². The summed E-state index contributed by atoms with van der Waals surface area (Å²) in [5.74, 6) is 1.93. The lowest BCUT2D eigenvalue weighted by molar-refractivity contribution is 0.395. The lowest BCUT2D eigenvalue weighted by Crippen LogP contribution is -2.27. The molecule has 6 nitrogen and oxygen atoms in total. The number of hydrogen-bond acceptors (Lipinski definition) is 5. The highest BCUT2D eigenvalue weighted by atomic mass is 32.2. The van der Waals surface area contributed by atoms with Crippen molar-refractivity contribution >= 4 is 20.8 Å². The first kappa shape index (κ1) is 20.0. The van der Waals surface area contributed by atoms with Gasteiger partial charge in [-0.05, 0) is 60.2 Å². The predicted molar refractivity (Wildman–Crippen MR) is 109 cm³/mol. The molecule has 0 bridgehead atoms. The molecular formula is C21H23NO5S. The van der Waals surface area contributed by atoms with Crippen molar-refractivity contribution in [3.63, 3.8) is 0 Å². The Morgan fingerprint density at radius 2 is 1.39 bits per heavy atom. The molecule has 0 aliphatic rings. The van der Waals surface area contributed by atoms with Crippen LogP contribution in [0.3, 0.4) is 0 Å². The van der Waals surface area contributed by atoms with Crippen LogP contribution < -0.4 is 18.9 Å². The maximum absolute atomic E-state index is 12.9. The molecule has 0 heterocycles. The number of hydrogen-bond donors (Lipinski definition) is 1. The first-order chi connectivity index (χ1) is 13.4. The van der Waals surface area contributed by atoms with Gasteiger partial charge in [-0.2, -0.15) is 0 Å². The van der Waals surface area contributed by atoms with E-state index >= 15 is 0 Å². The van der Waals surface area contributed by atoms with E-state index in [1.54, 1.807) is 70.7 Å². The maximum atomic E-state index is 12.9. The van der Waals surface area contributed by atoms with Crippen LogP contribution in [0.4, 0.5) is 0 Å². The topological polar surface area (TPSA) is 73.9 Å². The Morgan fingerprint density at radius 1 is 0.786 bits per heavy atom. The van der Waals surface area contributed by atoms with Gasteiger partial charge in [0.2, 0.25) is 10.0 Å². The molecule has 1 N–H and O–H groups in total. The number of methoxy groups -OCH3 is 3. The van der Waals surface area contributed by atoms with Gasteiger partial charge in [0.05, 0.1) is 26.2 Å². The minimum absolute atomic E-state index is 0.193.